The largest absolute Gasteiger partial charge is 0.383 e. The van der Waals surface area contributed by atoms with E-state index < -0.39 is 0 Å². The third-order valence-corrected chi connectivity index (χ3v) is 1.26. The number of methoxy groups -OCH3 is 1. The number of ether oxygens (including phenoxy) is 1. The molecule has 4 nitrogen and oxygen atoms in total. The molecule has 0 spiro atoms. The van der Waals surface area contributed by atoms with E-state index in [1.54, 1.807) is 25.6 Å². The second kappa shape index (κ2) is 5.88. The van der Waals surface area contributed by atoms with Gasteiger partial charge in [0.05, 0.1) is 12.6 Å². The van der Waals surface area contributed by atoms with Gasteiger partial charge in [-0.05, 0) is 6.07 Å². The van der Waals surface area contributed by atoms with E-state index in [4.69, 9.17) is 10.5 Å². The fraction of sp³-hybridized carbons (Fsp3) is 0.429. The van der Waals surface area contributed by atoms with E-state index in [1.807, 2.05) is 0 Å². The summed E-state index contributed by atoms with van der Waals surface area (Å²) in [5.74, 6) is 0.620. The van der Waals surface area contributed by atoms with Gasteiger partial charge in [0.1, 0.15) is 5.82 Å². The van der Waals surface area contributed by atoms with Crippen molar-refractivity contribution in [1.29, 1.82) is 0 Å². The van der Waals surface area contributed by atoms with Crippen molar-refractivity contribution in [2.45, 2.75) is 6.04 Å². The highest BCUT2D eigenvalue weighted by Gasteiger charge is 2.06. The molecule has 0 fully saturated rings. The summed E-state index contributed by atoms with van der Waals surface area (Å²) in [7, 11) is 1.60. The maximum absolute atomic E-state index is 5.66. The molecule has 1 aromatic heterocycles. The van der Waals surface area contributed by atoms with Crippen LogP contribution in [0.15, 0.2) is 18.5 Å². The lowest BCUT2D eigenvalue weighted by Gasteiger charge is -2.06. The van der Waals surface area contributed by atoms with E-state index in [1.165, 1.54) is 0 Å². The number of rotatable bonds is 3. The smallest absolute Gasteiger partial charge is 0.147 e. The molecule has 68 valence electrons. The van der Waals surface area contributed by atoms with Crippen molar-refractivity contribution in [3.05, 3.63) is 24.3 Å². The zero-order valence-electron chi connectivity index (χ0n) is 6.80. The van der Waals surface area contributed by atoms with Gasteiger partial charge in [0.25, 0.3) is 0 Å². The van der Waals surface area contributed by atoms with Crippen molar-refractivity contribution < 1.29 is 4.74 Å². The zero-order chi connectivity index (χ0) is 8.10. The van der Waals surface area contributed by atoms with Gasteiger partial charge in [-0.25, -0.2) is 9.97 Å². The molecule has 1 heterocycles. The van der Waals surface area contributed by atoms with Crippen molar-refractivity contribution in [3.8, 4) is 0 Å². The van der Waals surface area contributed by atoms with Crippen LogP contribution in [0.25, 0.3) is 0 Å². The van der Waals surface area contributed by atoms with E-state index in [9.17, 15) is 0 Å². The standard InChI is InChI=1S/C7H11N3O.ClH/c1-11-5-6(8)7-9-3-2-4-10-7;/h2-4,6H,5,8H2,1H3;1H. The van der Waals surface area contributed by atoms with Gasteiger partial charge < -0.3 is 10.5 Å². The maximum atomic E-state index is 5.66. The minimum Gasteiger partial charge on any atom is -0.383 e. The molecule has 5 heteroatoms. The number of hydrogen-bond donors (Lipinski definition) is 1. The normalized spacial score (nSPS) is 11.8. The molecule has 0 saturated carbocycles. The van der Waals surface area contributed by atoms with Crippen LogP contribution in [0.5, 0.6) is 0 Å². The van der Waals surface area contributed by atoms with Crippen LogP contribution in [-0.2, 0) is 4.74 Å². The number of nitrogens with two attached hydrogens (primary N) is 1. The van der Waals surface area contributed by atoms with Gasteiger partial charge >= 0.3 is 0 Å². The van der Waals surface area contributed by atoms with Crippen LogP contribution in [0, 0.1) is 0 Å². The molecule has 1 aromatic rings. The van der Waals surface area contributed by atoms with Crippen molar-refractivity contribution in [2.24, 2.45) is 5.73 Å². The summed E-state index contributed by atoms with van der Waals surface area (Å²) in [6.07, 6.45) is 3.33. The number of halogens is 1. The van der Waals surface area contributed by atoms with E-state index in [2.05, 4.69) is 9.97 Å². The highest BCUT2D eigenvalue weighted by molar-refractivity contribution is 5.85. The molecule has 1 unspecified atom stereocenters. The summed E-state index contributed by atoms with van der Waals surface area (Å²) in [5.41, 5.74) is 5.66. The van der Waals surface area contributed by atoms with Gasteiger partial charge in [-0.2, -0.15) is 0 Å². The first-order valence-electron chi connectivity index (χ1n) is 3.36. The molecule has 0 saturated heterocycles. The van der Waals surface area contributed by atoms with Crippen LogP contribution in [0.1, 0.15) is 11.9 Å². The van der Waals surface area contributed by atoms with Gasteiger partial charge in [0.2, 0.25) is 0 Å². The molecule has 0 bridgehead atoms. The predicted octanol–water partition coefficient (Wildman–Crippen LogP) is 0.545. The highest BCUT2D eigenvalue weighted by Crippen LogP contribution is 2.00. The summed E-state index contributed by atoms with van der Waals surface area (Å²) in [6.45, 7) is 0.448. The molecule has 0 aliphatic rings. The predicted molar refractivity (Wildman–Crippen MR) is 48.1 cm³/mol. The van der Waals surface area contributed by atoms with Crippen molar-refractivity contribution >= 4 is 12.4 Å². The molecule has 1 atom stereocenters. The fourth-order valence-electron chi connectivity index (χ4n) is 0.756. The maximum Gasteiger partial charge on any atom is 0.147 e. The minimum absolute atomic E-state index is 0. The minimum atomic E-state index is -0.221. The molecule has 0 aromatic carbocycles. The summed E-state index contributed by atoms with van der Waals surface area (Å²) < 4.78 is 4.85. The molecule has 0 amide bonds. The van der Waals surface area contributed by atoms with E-state index in [-0.39, 0.29) is 18.4 Å². The van der Waals surface area contributed by atoms with Crippen LogP contribution in [0.4, 0.5) is 0 Å². The first kappa shape index (κ1) is 11.3. The van der Waals surface area contributed by atoms with Gasteiger partial charge in [-0.3, -0.25) is 0 Å². The Hall–Kier alpha value is -0.710. The lowest BCUT2D eigenvalue weighted by atomic mass is 10.3. The van der Waals surface area contributed by atoms with Crippen LogP contribution in [0.2, 0.25) is 0 Å². The van der Waals surface area contributed by atoms with Crippen LogP contribution in [-0.4, -0.2) is 23.7 Å². The molecular formula is C7H12ClN3O. The Morgan fingerprint density at radius 2 is 2.08 bits per heavy atom. The topological polar surface area (TPSA) is 61.0 Å². The lowest BCUT2D eigenvalue weighted by molar-refractivity contribution is 0.178. The Morgan fingerprint density at radius 3 is 2.58 bits per heavy atom. The molecule has 0 radical (unpaired) electrons. The number of hydrogen-bond acceptors (Lipinski definition) is 4. The highest BCUT2D eigenvalue weighted by atomic mass is 35.5. The molecular weight excluding hydrogens is 178 g/mol. The monoisotopic (exact) mass is 189 g/mol. The number of nitrogens with zero attached hydrogens (tertiary/aromatic N) is 2. The average molecular weight is 190 g/mol. The second-order valence-electron chi connectivity index (χ2n) is 2.17. The van der Waals surface area contributed by atoms with Crippen molar-refractivity contribution in [2.75, 3.05) is 13.7 Å². The zero-order valence-corrected chi connectivity index (χ0v) is 7.62. The van der Waals surface area contributed by atoms with Gasteiger partial charge in [-0.1, -0.05) is 0 Å². The second-order valence-corrected chi connectivity index (χ2v) is 2.17. The Kier molecular flexibility index (Phi) is 5.53. The van der Waals surface area contributed by atoms with Crippen molar-refractivity contribution in [3.63, 3.8) is 0 Å². The average Bonchev–Trinajstić information content (AvgIpc) is 2.07. The summed E-state index contributed by atoms with van der Waals surface area (Å²) >= 11 is 0. The van der Waals surface area contributed by atoms with Crippen LogP contribution in [0.3, 0.4) is 0 Å². The lowest BCUT2D eigenvalue weighted by Crippen LogP contribution is -2.18. The van der Waals surface area contributed by atoms with E-state index >= 15 is 0 Å². The fourth-order valence-corrected chi connectivity index (χ4v) is 0.756. The van der Waals surface area contributed by atoms with Crippen molar-refractivity contribution in [1.82, 2.24) is 9.97 Å². The first-order chi connectivity index (χ1) is 5.34. The van der Waals surface area contributed by atoms with Gasteiger partial charge in [0.15, 0.2) is 0 Å². The van der Waals surface area contributed by atoms with Gasteiger partial charge in [-0.15, -0.1) is 12.4 Å². The van der Waals surface area contributed by atoms with E-state index in [0.29, 0.717) is 12.4 Å². The quantitative estimate of drug-likeness (QED) is 0.754. The van der Waals surface area contributed by atoms with Crippen LogP contribution >= 0.6 is 12.4 Å². The molecule has 0 aliphatic heterocycles. The SMILES string of the molecule is COCC(N)c1ncccn1.Cl. The Morgan fingerprint density at radius 1 is 1.50 bits per heavy atom. The molecule has 12 heavy (non-hydrogen) atoms. The Balaban J connectivity index is 0.00000121. The van der Waals surface area contributed by atoms with E-state index in [0.717, 1.165) is 0 Å². The first-order valence-corrected chi connectivity index (χ1v) is 3.36. The summed E-state index contributed by atoms with van der Waals surface area (Å²) in [6, 6.07) is 1.53. The van der Waals surface area contributed by atoms with Gasteiger partial charge in [0, 0.05) is 19.5 Å². The van der Waals surface area contributed by atoms with Crippen LogP contribution < -0.4 is 5.73 Å². The third-order valence-electron chi connectivity index (χ3n) is 1.26. The summed E-state index contributed by atoms with van der Waals surface area (Å²) in [5, 5.41) is 0. The number of aromatic nitrogens is 2. The third kappa shape index (κ3) is 3.13. The molecule has 2 N–H and O–H groups in total. The molecule has 1 rings (SSSR count). The Bertz CT molecular complexity index is 207. The molecule has 0 aliphatic carbocycles. The Labute approximate surface area is 77.6 Å². The summed E-state index contributed by atoms with van der Waals surface area (Å²) in [4.78, 5) is 7.96.